The summed E-state index contributed by atoms with van der Waals surface area (Å²) in [6.07, 6.45) is 2.33. The quantitative estimate of drug-likeness (QED) is 0.850. The van der Waals surface area contributed by atoms with Crippen LogP contribution in [0.5, 0.6) is 0 Å². The maximum Gasteiger partial charge on any atom is 0.317 e. The van der Waals surface area contributed by atoms with Gasteiger partial charge in [0.25, 0.3) is 0 Å². The molecule has 0 atom stereocenters. The van der Waals surface area contributed by atoms with Gasteiger partial charge in [-0.05, 0) is 31.2 Å². The molecule has 2 rings (SSSR count). The van der Waals surface area contributed by atoms with Gasteiger partial charge in [0.1, 0.15) is 12.1 Å². The Morgan fingerprint density at radius 2 is 2.29 bits per heavy atom. The lowest BCUT2D eigenvalue weighted by atomic mass is 10.2. The number of aromatic nitrogens is 1. The van der Waals surface area contributed by atoms with Gasteiger partial charge in [0.2, 0.25) is 5.89 Å². The fourth-order valence-electron chi connectivity index (χ4n) is 2.08. The number of oxazole rings is 1. The average molecular weight is 292 g/mol. The molecule has 6 heteroatoms. The van der Waals surface area contributed by atoms with Crippen molar-refractivity contribution >= 4 is 5.97 Å². The summed E-state index contributed by atoms with van der Waals surface area (Å²) in [5.41, 5.74) is 1.19. The molecule has 21 heavy (non-hydrogen) atoms. The van der Waals surface area contributed by atoms with Gasteiger partial charge in [0, 0.05) is 12.1 Å². The first kappa shape index (κ1) is 15.2. The van der Waals surface area contributed by atoms with Crippen LogP contribution in [0.4, 0.5) is 4.39 Å². The first-order valence-corrected chi connectivity index (χ1v) is 6.73. The van der Waals surface area contributed by atoms with Crippen molar-refractivity contribution in [2.24, 2.45) is 0 Å². The van der Waals surface area contributed by atoms with Gasteiger partial charge in [-0.15, -0.1) is 0 Å². The van der Waals surface area contributed by atoms with Crippen LogP contribution in [0.1, 0.15) is 19.0 Å². The number of carbonyl (C=O) groups is 1. The van der Waals surface area contributed by atoms with Crippen LogP contribution in [0.2, 0.25) is 0 Å². The lowest BCUT2D eigenvalue weighted by molar-refractivity contribution is -0.138. The summed E-state index contributed by atoms with van der Waals surface area (Å²) in [6, 6.07) is 5.99. The van der Waals surface area contributed by atoms with Gasteiger partial charge in [-0.2, -0.15) is 0 Å². The molecule has 112 valence electrons. The van der Waals surface area contributed by atoms with E-state index in [0.29, 0.717) is 30.2 Å². The molecule has 1 aromatic heterocycles. The first-order chi connectivity index (χ1) is 10.1. The van der Waals surface area contributed by atoms with E-state index in [2.05, 4.69) is 4.98 Å². The number of carboxylic acid groups (broad SMARTS) is 1. The van der Waals surface area contributed by atoms with Gasteiger partial charge in [0.15, 0.2) is 0 Å². The summed E-state index contributed by atoms with van der Waals surface area (Å²) in [5.74, 6) is -0.903. The zero-order valence-corrected chi connectivity index (χ0v) is 11.8. The molecule has 0 amide bonds. The molecular weight excluding hydrogens is 275 g/mol. The molecule has 0 aliphatic heterocycles. The van der Waals surface area contributed by atoms with Crippen molar-refractivity contribution in [2.45, 2.75) is 19.9 Å². The SMILES string of the molecule is CCCN(CC(=O)O)Cc1coc(-c2cccc(F)c2)n1. The minimum Gasteiger partial charge on any atom is -0.480 e. The Hall–Kier alpha value is -2.21. The van der Waals surface area contributed by atoms with Crippen LogP contribution < -0.4 is 0 Å². The van der Waals surface area contributed by atoms with Crippen LogP contribution in [0.3, 0.4) is 0 Å². The van der Waals surface area contributed by atoms with E-state index in [0.717, 1.165) is 6.42 Å². The second kappa shape index (κ2) is 6.99. The Labute approximate surface area is 122 Å². The second-order valence-electron chi connectivity index (χ2n) is 4.76. The third-order valence-electron chi connectivity index (χ3n) is 2.91. The number of hydrogen-bond donors (Lipinski definition) is 1. The van der Waals surface area contributed by atoms with Crippen molar-refractivity contribution in [1.82, 2.24) is 9.88 Å². The Kier molecular flexibility index (Phi) is 5.05. The van der Waals surface area contributed by atoms with Gasteiger partial charge in [-0.3, -0.25) is 9.69 Å². The maximum absolute atomic E-state index is 13.2. The molecule has 0 bridgehead atoms. The van der Waals surface area contributed by atoms with Crippen molar-refractivity contribution in [3.05, 3.63) is 42.0 Å². The summed E-state index contributed by atoms with van der Waals surface area (Å²) in [6.45, 7) is 2.99. The van der Waals surface area contributed by atoms with Crippen LogP contribution in [-0.2, 0) is 11.3 Å². The molecule has 0 unspecified atom stereocenters. The van der Waals surface area contributed by atoms with E-state index in [4.69, 9.17) is 9.52 Å². The molecule has 1 aromatic carbocycles. The Bertz CT molecular complexity index is 612. The average Bonchev–Trinajstić information content (AvgIpc) is 2.87. The minimum absolute atomic E-state index is 0.0456. The summed E-state index contributed by atoms with van der Waals surface area (Å²) < 4.78 is 18.5. The molecule has 2 aromatic rings. The third-order valence-corrected chi connectivity index (χ3v) is 2.91. The standard InChI is InChI=1S/C15H17FN2O3/c1-2-6-18(9-14(19)20)8-13-10-21-15(17-13)11-4-3-5-12(16)7-11/h3-5,7,10H,2,6,8-9H2,1H3,(H,19,20). The lowest BCUT2D eigenvalue weighted by Crippen LogP contribution is -2.30. The van der Waals surface area contributed by atoms with E-state index in [1.54, 1.807) is 17.0 Å². The van der Waals surface area contributed by atoms with Gasteiger partial charge >= 0.3 is 5.97 Å². The molecule has 0 saturated carbocycles. The van der Waals surface area contributed by atoms with Crippen molar-refractivity contribution in [1.29, 1.82) is 0 Å². The van der Waals surface area contributed by atoms with Crippen molar-refractivity contribution < 1.29 is 18.7 Å². The zero-order chi connectivity index (χ0) is 15.2. The van der Waals surface area contributed by atoms with E-state index < -0.39 is 5.97 Å². The molecule has 0 spiro atoms. The third kappa shape index (κ3) is 4.39. The highest BCUT2D eigenvalue weighted by Crippen LogP contribution is 2.20. The van der Waals surface area contributed by atoms with Gasteiger partial charge in [-0.25, -0.2) is 9.37 Å². The highest BCUT2D eigenvalue weighted by atomic mass is 19.1. The molecule has 0 aliphatic rings. The lowest BCUT2D eigenvalue weighted by Gasteiger charge is -2.17. The number of benzene rings is 1. The summed E-state index contributed by atoms with van der Waals surface area (Å²) in [7, 11) is 0. The highest BCUT2D eigenvalue weighted by Gasteiger charge is 2.13. The second-order valence-corrected chi connectivity index (χ2v) is 4.76. The monoisotopic (exact) mass is 292 g/mol. The van der Waals surface area contributed by atoms with Crippen LogP contribution in [-0.4, -0.2) is 34.0 Å². The molecule has 0 fully saturated rings. The van der Waals surface area contributed by atoms with E-state index in [1.165, 1.54) is 18.4 Å². The van der Waals surface area contributed by atoms with Crippen molar-refractivity contribution in [3.63, 3.8) is 0 Å². The number of nitrogens with zero attached hydrogens (tertiary/aromatic N) is 2. The van der Waals surface area contributed by atoms with Crippen molar-refractivity contribution in [2.75, 3.05) is 13.1 Å². The topological polar surface area (TPSA) is 66.6 Å². The molecule has 5 nitrogen and oxygen atoms in total. The predicted octanol–water partition coefficient (Wildman–Crippen LogP) is 2.78. The Balaban J connectivity index is 2.10. The van der Waals surface area contributed by atoms with E-state index in [-0.39, 0.29) is 12.4 Å². The Morgan fingerprint density at radius 1 is 1.48 bits per heavy atom. The van der Waals surface area contributed by atoms with E-state index >= 15 is 0 Å². The maximum atomic E-state index is 13.2. The van der Waals surface area contributed by atoms with Crippen LogP contribution in [0.15, 0.2) is 34.9 Å². The van der Waals surface area contributed by atoms with Crippen molar-refractivity contribution in [3.8, 4) is 11.5 Å². The van der Waals surface area contributed by atoms with Gasteiger partial charge in [-0.1, -0.05) is 13.0 Å². The molecule has 0 saturated heterocycles. The molecule has 1 N–H and O–H groups in total. The van der Waals surface area contributed by atoms with Crippen LogP contribution in [0, 0.1) is 5.82 Å². The molecule has 0 radical (unpaired) electrons. The van der Waals surface area contributed by atoms with Gasteiger partial charge < -0.3 is 9.52 Å². The molecule has 1 heterocycles. The molecule has 0 aliphatic carbocycles. The Morgan fingerprint density at radius 3 is 2.95 bits per heavy atom. The molecular formula is C15H17FN2O3. The largest absolute Gasteiger partial charge is 0.480 e. The van der Waals surface area contributed by atoms with Crippen LogP contribution in [0.25, 0.3) is 11.5 Å². The zero-order valence-electron chi connectivity index (χ0n) is 11.8. The summed E-state index contributed by atoms with van der Waals surface area (Å²) >= 11 is 0. The van der Waals surface area contributed by atoms with Gasteiger partial charge in [0.05, 0.1) is 12.2 Å². The number of hydrogen-bond acceptors (Lipinski definition) is 4. The summed E-state index contributed by atoms with van der Waals surface area (Å²) in [4.78, 5) is 16.9. The summed E-state index contributed by atoms with van der Waals surface area (Å²) in [5, 5.41) is 8.88. The van der Waals surface area contributed by atoms with Crippen LogP contribution >= 0.6 is 0 Å². The fraction of sp³-hybridized carbons (Fsp3) is 0.333. The number of rotatable bonds is 7. The predicted molar refractivity (Wildman–Crippen MR) is 75.1 cm³/mol. The smallest absolute Gasteiger partial charge is 0.317 e. The normalized spacial score (nSPS) is 11.0. The number of halogens is 1. The fourth-order valence-corrected chi connectivity index (χ4v) is 2.08. The minimum atomic E-state index is -0.878. The number of carboxylic acids is 1. The van der Waals surface area contributed by atoms with E-state index in [1.807, 2.05) is 6.92 Å². The number of aliphatic carboxylic acids is 1. The highest BCUT2D eigenvalue weighted by molar-refractivity contribution is 5.69. The first-order valence-electron chi connectivity index (χ1n) is 6.73. The van der Waals surface area contributed by atoms with E-state index in [9.17, 15) is 9.18 Å².